The average Bonchev–Trinajstić information content (AvgIpc) is 3.07. The first-order valence-electron chi connectivity index (χ1n) is 9.11. The summed E-state index contributed by atoms with van der Waals surface area (Å²) in [5.41, 5.74) is 2.57. The fraction of sp³-hybridized carbons (Fsp3) is 0.333. The van der Waals surface area contributed by atoms with E-state index in [2.05, 4.69) is 5.32 Å². The number of halogens is 1. The summed E-state index contributed by atoms with van der Waals surface area (Å²) in [7, 11) is 1.79. The van der Waals surface area contributed by atoms with E-state index in [0.717, 1.165) is 23.4 Å². The molecule has 0 aromatic heterocycles. The number of carbonyl (C=O) groups excluding carboxylic acids is 2. The Bertz CT molecular complexity index is 825. The van der Waals surface area contributed by atoms with Crippen LogP contribution >= 0.6 is 11.6 Å². The maximum absolute atomic E-state index is 12.6. The molecule has 0 unspecified atom stereocenters. The second-order valence-corrected chi connectivity index (χ2v) is 7.27. The van der Waals surface area contributed by atoms with Crippen LogP contribution in [0.25, 0.3) is 0 Å². The van der Waals surface area contributed by atoms with Crippen molar-refractivity contribution in [2.75, 3.05) is 23.8 Å². The maximum atomic E-state index is 12.6. The van der Waals surface area contributed by atoms with Crippen LogP contribution in [-0.2, 0) is 16.1 Å². The minimum Gasteiger partial charge on any atom is -0.374 e. The number of likely N-dealkylation sites (N-methyl/N-ethyl adjacent to an activating group) is 1. The molecule has 1 aliphatic rings. The molecule has 0 bridgehead atoms. The van der Waals surface area contributed by atoms with Gasteiger partial charge in [0.1, 0.15) is 6.04 Å². The number of amides is 2. The molecule has 0 radical (unpaired) electrons. The highest BCUT2D eigenvalue weighted by atomic mass is 35.5. The Morgan fingerprint density at radius 2 is 2.00 bits per heavy atom. The molecule has 0 aliphatic carbocycles. The standard InChI is InChI=1S/C21H24ClN3O2/c1-15(21(27)24(2)14-16-7-4-3-5-8-16)23-17-10-11-19(18(22)13-17)25-12-6-9-20(25)26/h3-5,7-8,10-11,13,15,23H,6,9,12,14H2,1-2H3/t15-/m0/s1. The predicted octanol–water partition coefficient (Wildman–Crippen LogP) is 3.93. The summed E-state index contributed by atoms with van der Waals surface area (Å²) >= 11 is 6.38. The summed E-state index contributed by atoms with van der Waals surface area (Å²) in [6, 6.07) is 14.9. The fourth-order valence-corrected chi connectivity index (χ4v) is 3.58. The monoisotopic (exact) mass is 385 g/mol. The molecular formula is C21H24ClN3O2. The van der Waals surface area contributed by atoms with Crippen LogP contribution in [0.1, 0.15) is 25.3 Å². The summed E-state index contributed by atoms with van der Waals surface area (Å²) in [4.78, 5) is 28.0. The molecule has 1 fully saturated rings. The van der Waals surface area contributed by atoms with Gasteiger partial charge < -0.3 is 15.1 Å². The summed E-state index contributed by atoms with van der Waals surface area (Å²) < 4.78 is 0. The predicted molar refractivity (Wildman–Crippen MR) is 109 cm³/mol. The van der Waals surface area contributed by atoms with Gasteiger partial charge in [-0.25, -0.2) is 0 Å². The van der Waals surface area contributed by atoms with Crippen molar-refractivity contribution >= 4 is 34.8 Å². The molecule has 1 saturated heterocycles. The van der Waals surface area contributed by atoms with Crippen molar-refractivity contribution in [1.82, 2.24) is 4.90 Å². The van der Waals surface area contributed by atoms with Crippen molar-refractivity contribution in [3.8, 4) is 0 Å². The average molecular weight is 386 g/mol. The lowest BCUT2D eigenvalue weighted by Crippen LogP contribution is -2.38. The Labute approximate surface area is 164 Å². The Hall–Kier alpha value is -2.53. The quantitative estimate of drug-likeness (QED) is 0.819. The number of anilines is 2. The van der Waals surface area contributed by atoms with Crippen LogP contribution in [0.5, 0.6) is 0 Å². The van der Waals surface area contributed by atoms with Gasteiger partial charge in [0, 0.05) is 32.2 Å². The van der Waals surface area contributed by atoms with Gasteiger partial charge in [0.2, 0.25) is 11.8 Å². The molecular weight excluding hydrogens is 362 g/mol. The zero-order chi connectivity index (χ0) is 19.4. The van der Waals surface area contributed by atoms with Crippen LogP contribution in [-0.4, -0.2) is 36.3 Å². The highest BCUT2D eigenvalue weighted by molar-refractivity contribution is 6.34. The van der Waals surface area contributed by atoms with Crippen LogP contribution in [0.15, 0.2) is 48.5 Å². The Balaban J connectivity index is 1.63. The number of carbonyl (C=O) groups is 2. The first-order chi connectivity index (χ1) is 13.0. The van der Waals surface area contributed by atoms with E-state index in [1.807, 2.05) is 49.4 Å². The van der Waals surface area contributed by atoms with Crippen LogP contribution in [0.3, 0.4) is 0 Å². The molecule has 2 aromatic rings. The smallest absolute Gasteiger partial charge is 0.244 e. The second-order valence-electron chi connectivity index (χ2n) is 6.86. The second kappa shape index (κ2) is 8.44. The van der Waals surface area contributed by atoms with Gasteiger partial charge in [-0.2, -0.15) is 0 Å². The minimum absolute atomic E-state index is 0.00577. The normalized spacial score (nSPS) is 14.9. The summed E-state index contributed by atoms with van der Waals surface area (Å²) in [6.07, 6.45) is 1.42. The van der Waals surface area contributed by atoms with Gasteiger partial charge >= 0.3 is 0 Å². The van der Waals surface area contributed by atoms with Gasteiger partial charge in [0.05, 0.1) is 10.7 Å². The highest BCUT2D eigenvalue weighted by Crippen LogP contribution is 2.31. The Kier molecular flexibility index (Phi) is 6.01. The lowest BCUT2D eigenvalue weighted by Gasteiger charge is -2.23. The van der Waals surface area contributed by atoms with Crippen molar-refractivity contribution in [3.63, 3.8) is 0 Å². The van der Waals surface area contributed by atoms with E-state index in [4.69, 9.17) is 11.6 Å². The van der Waals surface area contributed by atoms with Crippen LogP contribution in [0.4, 0.5) is 11.4 Å². The molecule has 0 saturated carbocycles. The topological polar surface area (TPSA) is 52.7 Å². The molecule has 3 rings (SSSR count). The third-order valence-corrected chi connectivity index (χ3v) is 5.01. The third-order valence-electron chi connectivity index (χ3n) is 4.70. The van der Waals surface area contributed by atoms with E-state index in [9.17, 15) is 9.59 Å². The van der Waals surface area contributed by atoms with E-state index in [-0.39, 0.29) is 11.8 Å². The Morgan fingerprint density at radius 1 is 1.26 bits per heavy atom. The van der Waals surface area contributed by atoms with Crippen LogP contribution < -0.4 is 10.2 Å². The molecule has 142 valence electrons. The minimum atomic E-state index is -0.394. The molecule has 27 heavy (non-hydrogen) atoms. The lowest BCUT2D eigenvalue weighted by atomic mass is 10.2. The summed E-state index contributed by atoms with van der Waals surface area (Å²) in [5.74, 6) is 0.0949. The van der Waals surface area contributed by atoms with Crippen molar-refractivity contribution in [2.45, 2.75) is 32.4 Å². The molecule has 5 nitrogen and oxygen atoms in total. The molecule has 2 amide bonds. The van der Waals surface area contributed by atoms with E-state index < -0.39 is 6.04 Å². The number of nitrogens with zero attached hydrogens (tertiary/aromatic N) is 2. The van der Waals surface area contributed by atoms with Gasteiger partial charge in [0.25, 0.3) is 0 Å². The molecule has 1 heterocycles. The SMILES string of the molecule is C[C@H](Nc1ccc(N2CCCC2=O)c(Cl)c1)C(=O)N(C)Cc1ccccc1. The zero-order valence-electron chi connectivity index (χ0n) is 15.6. The maximum Gasteiger partial charge on any atom is 0.244 e. The van der Waals surface area contributed by atoms with Gasteiger partial charge in [-0.3, -0.25) is 9.59 Å². The molecule has 0 spiro atoms. The third kappa shape index (κ3) is 4.61. The highest BCUT2D eigenvalue weighted by Gasteiger charge is 2.24. The Morgan fingerprint density at radius 3 is 2.63 bits per heavy atom. The van der Waals surface area contributed by atoms with Crippen molar-refractivity contribution < 1.29 is 9.59 Å². The number of hydrogen-bond acceptors (Lipinski definition) is 3. The van der Waals surface area contributed by atoms with Crippen molar-refractivity contribution in [1.29, 1.82) is 0 Å². The van der Waals surface area contributed by atoms with Gasteiger partial charge in [-0.1, -0.05) is 41.9 Å². The number of rotatable bonds is 6. The van der Waals surface area contributed by atoms with Gasteiger partial charge in [-0.05, 0) is 37.1 Å². The molecule has 2 aromatic carbocycles. The first kappa shape index (κ1) is 19.2. The number of hydrogen-bond donors (Lipinski definition) is 1. The van der Waals surface area contributed by atoms with E-state index in [1.165, 1.54) is 0 Å². The molecule has 1 atom stereocenters. The lowest BCUT2D eigenvalue weighted by molar-refractivity contribution is -0.130. The summed E-state index contributed by atoms with van der Waals surface area (Å²) in [5, 5.41) is 3.71. The van der Waals surface area contributed by atoms with Crippen LogP contribution in [0.2, 0.25) is 5.02 Å². The van der Waals surface area contributed by atoms with Gasteiger partial charge in [-0.15, -0.1) is 0 Å². The number of nitrogens with one attached hydrogen (secondary N) is 1. The van der Waals surface area contributed by atoms with Crippen molar-refractivity contribution in [2.24, 2.45) is 0 Å². The summed E-state index contributed by atoms with van der Waals surface area (Å²) in [6.45, 7) is 3.09. The largest absolute Gasteiger partial charge is 0.374 e. The van der Waals surface area contributed by atoms with E-state index in [1.54, 1.807) is 22.9 Å². The van der Waals surface area contributed by atoms with Crippen molar-refractivity contribution in [3.05, 3.63) is 59.1 Å². The van der Waals surface area contributed by atoms with Crippen LogP contribution in [0, 0.1) is 0 Å². The first-order valence-corrected chi connectivity index (χ1v) is 9.49. The van der Waals surface area contributed by atoms with E-state index in [0.29, 0.717) is 24.5 Å². The molecule has 1 N–H and O–H groups in total. The van der Waals surface area contributed by atoms with E-state index >= 15 is 0 Å². The fourth-order valence-electron chi connectivity index (χ4n) is 3.30. The van der Waals surface area contributed by atoms with Gasteiger partial charge in [0.15, 0.2) is 0 Å². The molecule has 6 heteroatoms. The number of benzene rings is 2. The zero-order valence-corrected chi connectivity index (χ0v) is 16.4. The molecule has 1 aliphatic heterocycles.